The van der Waals surface area contributed by atoms with E-state index in [-0.39, 0.29) is 11.9 Å². The van der Waals surface area contributed by atoms with E-state index in [2.05, 4.69) is 31.8 Å². The molecule has 1 aliphatic heterocycles. The van der Waals surface area contributed by atoms with Crippen LogP contribution in [0.2, 0.25) is 0 Å². The van der Waals surface area contributed by atoms with Crippen LogP contribution in [0.1, 0.15) is 5.56 Å². The molecule has 0 saturated carbocycles. The minimum atomic E-state index is -0.320. The van der Waals surface area contributed by atoms with Crippen LogP contribution in [0.25, 0.3) is 0 Å². The summed E-state index contributed by atoms with van der Waals surface area (Å²) < 4.78 is 13.4. The molecular formula is C10H9BrFN3O. The molecule has 1 heterocycles. The van der Waals surface area contributed by atoms with Crippen LogP contribution in [-0.4, -0.2) is 24.7 Å². The molecule has 0 aromatic heterocycles. The van der Waals surface area contributed by atoms with Crippen molar-refractivity contribution in [1.29, 1.82) is 0 Å². The Kier molecular flexibility index (Phi) is 3.31. The summed E-state index contributed by atoms with van der Waals surface area (Å²) in [5.74, 6) is 0.276. The Labute approximate surface area is 100 Å². The van der Waals surface area contributed by atoms with Crippen molar-refractivity contribution < 1.29 is 9.18 Å². The van der Waals surface area contributed by atoms with Gasteiger partial charge in [-0.15, -0.1) is 0 Å². The van der Waals surface area contributed by atoms with Crippen LogP contribution in [0.5, 0.6) is 0 Å². The number of rotatable bonds is 2. The Morgan fingerprint density at radius 2 is 2.38 bits per heavy atom. The molecule has 0 aliphatic carbocycles. The van der Waals surface area contributed by atoms with Gasteiger partial charge < -0.3 is 10.2 Å². The first kappa shape index (κ1) is 11.2. The average Bonchev–Trinajstić information content (AvgIpc) is 2.33. The van der Waals surface area contributed by atoms with Gasteiger partial charge in [0.2, 0.25) is 0 Å². The highest BCUT2D eigenvalue weighted by Gasteiger charge is 2.14. The SMILES string of the molecule is O=CC1CN=C(c2ccc(F)c(Br)c2)NN1. The van der Waals surface area contributed by atoms with Crippen LogP contribution in [0.3, 0.4) is 0 Å². The molecule has 1 aromatic carbocycles. The van der Waals surface area contributed by atoms with Crippen LogP contribution < -0.4 is 10.9 Å². The molecule has 0 radical (unpaired) electrons. The number of aliphatic imine (C=N–C) groups is 1. The van der Waals surface area contributed by atoms with Crippen molar-refractivity contribution in [2.75, 3.05) is 6.54 Å². The lowest BCUT2D eigenvalue weighted by molar-refractivity contribution is -0.109. The fourth-order valence-electron chi connectivity index (χ4n) is 1.32. The Bertz CT molecular complexity index is 450. The molecule has 1 aromatic rings. The maximum Gasteiger partial charge on any atom is 0.142 e. The zero-order valence-corrected chi connectivity index (χ0v) is 9.79. The first-order valence-corrected chi connectivity index (χ1v) is 5.46. The van der Waals surface area contributed by atoms with Gasteiger partial charge in [0.05, 0.1) is 11.0 Å². The second kappa shape index (κ2) is 4.71. The fourth-order valence-corrected chi connectivity index (χ4v) is 1.70. The molecule has 84 valence electrons. The van der Waals surface area contributed by atoms with Crippen molar-refractivity contribution in [1.82, 2.24) is 10.9 Å². The molecule has 6 heteroatoms. The molecule has 0 saturated heterocycles. The Morgan fingerprint density at radius 3 is 2.94 bits per heavy atom. The van der Waals surface area contributed by atoms with Gasteiger partial charge in [-0.1, -0.05) is 0 Å². The number of carbonyl (C=O) groups is 1. The third kappa shape index (κ3) is 2.28. The van der Waals surface area contributed by atoms with Gasteiger partial charge in [0.25, 0.3) is 0 Å². The minimum Gasteiger partial charge on any atom is -0.305 e. The molecule has 1 atom stereocenters. The summed E-state index contributed by atoms with van der Waals surface area (Å²) in [5.41, 5.74) is 6.36. The Balaban J connectivity index is 2.22. The summed E-state index contributed by atoms with van der Waals surface area (Å²) in [6.07, 6.45) is 0.786. The van der Waals surface area contributed by atoms with E-state index in [9.17, 15) is 9.18 Å². The summed E-state index contributed by atoms with van der Waals surface area (Å²) in [7, 11) is 0. The zero-order valence-electron chi connectivity index (χ0n) is 8.21. The van der Waals surface area contributed by atoms with E-state index in [1.165, 1.54) is 6.07 Å². The highest BCUT2D eigenvalue weighted by molar-refractivity contribution is 9.10. The summed E-state index contributed by atoms with van der Waals surface area (Å²) in [6.45, 7) is 0.376. The van der Waals surface area contributed by atoms with E-state index in [1.54, 1.807) is 12.1 Å². The fraction of sp³-hybridized carbons (Fsp3) is 0.200. The number of aldehydes is 1. The molecule has 0 fully saturated rings. The lowest BCUT2D eigenvalue weighted by Gasteiger charge is -2.20. The van der Waals surface area contributed by atoms with Gasteiger partial charge in [-0.2, -0.15) is 0 Å². The van der Waals surface area contributed by atoms with E-state index in [0.717, 1.165) is 11.8 Å². The van der Waals surface area contributed by atoms with Gasteiger partial charge in [0.1, 0.15) is 24.0 Å². The van der Waals surface area contributed by atoms with Gasteiger partial charge in [-0.25, -0.2) is 9.82 Å². The van der Waals surface area contributed by atoms with Crippen molar-refractivity contribution in [3.05, 3.63) is 34.1 Å². The summed E-state index contributed by atoms with van der Waals surface area (Å²) >= 11 is 3.10. The van der Waals surface area contributed by atoms with Crippen LogP contribution in [0.15, 0.2) is 27.7 Å². The summed E-state index contributed by atoms with van der Waals surface area (Å²) in [4.78, 5) is 14.7. The maximum atomic E-state index is 13.0. The van der Waals surface area contributed by atoms with E-state index < -0.39 is 0 Å². The smallest absolute Gasteiger partial charge is 0.142 e. The van der Waals surface area contributed by atoms with Gasteiger partial charge in [-0.05, 0) is 34.1 Å². The molecule has 0 amide bonds. The number of hydrogen-bond donors (Lipinski definition) is 2. The molecule has 1 unspecified atom stereocenters. The molecule has 1 aliphatic rings. The number of hydrogen-bond acceptors (Lipinski definition) is 4. The number of nitrogens with one attached hydrogen (secondary N) is 2. The van der Waals surface area contributed by atoms with Crippen molar-refractivity contribution in [3.8, 4) is 0 Å². The van der Waals surface area contributed by atoms with Crippen molar-refractivity contribution >= 4 is 28.1 Å². The maximum absolute atomic E-state index is 13.0. The Morgan fingerprint density at radius 1 is 1.56 bits per heavy atom. The van der Waals surface area contributed by atoms with Gasteiger partial charge in [0.15, 0.2) is 0 Å². The van der Waals surface area contributed by atoms with Crippen molar-refractivity contribution in [3.63, 3.8) is 0 Å². The molecule has 4 nitrogen and oxygen atoms in total. The van der Waals surface area contributed by atoms with Crippen LogP contribution >= 0.6 is 15.9 Å². The molecule has 2 N–H and O–H groups in total. The molecule has 0 spiro atoms. The summed E-state index contributed by atoms with van der Waals surface area (Å²) in [6, 6.07) is 4.29. The van der Waals surface area contributed by atoms with E-state index in [1.807, 2.05) is 0 Å². The predicted octanol–water partition coefficient (Wildman–Crippen LogP) is 1.01. The van der Waals surface area contributed by atoms with E-state index in [0.29, 0.717) is 16.9 Å². The predicted molar refractivity (Wildman–Crippen MR) is 61.6 cm³/mol. The van der Waals surface area contributed by atoms with Crippen LogP contribution in [0, 0.1) is 5.82 Å². The van der Waals surface area contributed by atoms with Crippen LogP contribution in [-0.2, 0) is 4.79 Å². The number of hydrazine groups is 1. The van der Waals surface area contributed by atoms with Crippen molar-refractivity contribution in [2.24, 2.45) is 4.99 Å². The topological polar surface area (TPSA) is 53.5 Å². The normalized spacial score (nSPS) is 19.9. The minimum absolute atomic E-state index is 0.312. The third-order valence-corrected chi connectivity index (χ3v) is 2.79. The quantitative estimate of drug-likeness (QED) is 0.798. The first-order valence-electron chi connectivity index (χ1n) is 4.67. The largest absolute Gasteiger partial charge is 0.305 e. The lowest BCUT2D eigenvalue weighted by atomic mass is 10.2. The van der Waals surface area contributed by atoms with Crippen LogP contribution in [0.4, 0.5) is 4.39 Å². The third-order valence-electron chi connectivity index (χ3n) is 2.18. The van der Waals surface area contributed by atoms with E-state index in [4.69, 9.17) is 0 Å². The molecular weight excluding hydrogens is 277 g/mol. The van der Waals surface area contributed by atoms with E-state index >= 15 is 0 Å². The average molecular weight is 286 g/mol. The molecule has 0 bridgehead atoms. The zero-order chi connectivity index (χ0) is 11.5. The van der Waals surface area contributed by atoms with Crippen molar-refractivity contribution in [2.45, 2.75) is 6.04 Å². The second-order valence-electron chi connectivity index (χ2n) is 3.33. The van der Waals surface area contributed by atoms with Gasteiger partial charge in [-0.3, -0.25) is 4.99 Å². The Hall–Kier alpha value is -1.27. The van der Waals surface area contributed by atoms with Gasteiger partial charge in [0, 0.05) is 5.56 Å². The van der Waals surface area contributed by atoms with Gasteiger partial charge >= 0.3 is 0 Å². The lowest BCUT2D eigenvalue weighted by Crippen LogP contribution is -2.50. The summed E-state index contributed by atoms with van der Waals surface area (Å²) in [5, 5.41) is 0. The number of nitrogens with zero attached hydrogens (tertiary/aromatic N) is 1. The highest BCUT2D eigenvalue weighted by atomic mass is 79.9. The highest BCUT2D eigenvalue weighted by Crippen LogP contribution is 2.17. The standard InChI is InChI=1S/C10H9BrFN3O/c11-8-3-6(1-2-9(8)12)10-13-4-7(5-16)14-15-10/h1-3,5,7,14H,4H2,(H,13,15). The number of halogens is 2. The first-order chi connectivity index (χ1) is 7.70. The monoisotopic (exact) mass is 285 g/mol. The second-order valence-corrected chi connectivity index (χ2v) is 4.18. The number of carbonyl (C=O) groups excluding carboxylic acids is 1. The molecule has 2 rings (SSSR count). The number of amidine groups is 1. The number of benzene rings is 1. The molecule has 16 heavy (non-hydrogen) atoms.